The van der Waals surface area contributed by atoms with Crippen LogP contribution in [0.1, 0.15) is 25.8 Å². The fourth-order valence-electron chi connectivity index (χ4n) is 2.66. The van der Waals surface area contributed by atoms with Crippen LogP contribution < -0.4 is 5.32 Å². The molecule has 4 heteroatoms. The molecular weight excluding hydrogens is 258 g/mol. The van der Waals surface area contributed by atoms with Crippen LogP contribution in [0.25, 0.3) is 0 Å². The van der Waals surface area contributed by atoms with Crippen LogP contribution in [0.2, 0.25) is 5.02 Å². The molecule has 0 saturated carbocycles. The minimum atomic E-state index is 0.443. The predicted molar refractivity (Wildman–Crippen MR) is 79.5 cm³/mol. The standard InChI is InChI=1S/C15H20ClN3/c1-10-9-19(3)11(2)6-15(10)18-13-4-5-14(16)12(7-13)8-17/h4-5,7,10-11,15,18H,6,9H2,1-3H3. The number of likely N-dealkylation sites (tertiary alicyclic amines) is 1. The average Bonchev–Trinajstić information content (AvgIpc) is 2.38. The van der Waals surface area contributed by atoms with Crippen molar-refractivity contribution in [3.63, 3.8) is 0 Å². The zero-order valence-electron chi connectivity index (χ0n) is 11.7. The number of nitrogens with zero attached hydrogens (tertiary/aromatic N) is 2. The maximum atomic E-state index is 9.01. The van der Waals surface area contributed by atoms with Gasteiger partial charge in [0, 0.05) is 24.3 Å². The number of nitrogens with one attached hydrogen (secondary N) is 1. The van der Waals surface area contributed by atoms with Crippen LogP contribution >= 0.6 is 11.6 Å². The molecule has 2 rings (SSSR count). The van der Waals surface area contributed by atoms with Crippen molar-refractivity contribution < 1.29 is 0 Å². The van der Waals surface area contributed by atoms with Crippen molar-refractivity contribution in [1.29, 1.82) is 5.26 Å². The molecule has 0 radical (unpaired) electrons. The number of hydrogen-bond acceptors (Lipinski definition) is 3. The highest BCUT2D eigenvalue weighted by atomic mass is 35.5. The summed E-state index contributed by atoms with van der Waals surface area (Å²) in [5.74, 6) is 0.586. The largest absolute Gasteiger partial charge is 0.382 e. The van der Waals surface area contributed by atoms with Crippen LogP contribution in [-0.2, 0) is 0 Å². The third-order valence-corrected chi connectivity index (χ3v) is 4.38. The zero-order valence-corrected chi connectivity index (χ0v) is 12.4. The molecule has 3 unspecified atom stereocenters. The van der Waals surface area contributed by atoms with E-state index in [1.807, 2.05) is 12.1 Å². The van der Waals surface area contributed by atoms with Gasteiger partial charge in [-0.05, 0) is 44.5 Å². The summed E-state index contributed by atoms with van der Waals surface area (Å²) in [6.07, 6.45) is 1.11. The zero-order chi connectivity index (χ0) is 14.0. The number of anilines is 1. The van der Waals surface area contributed by atoms with Crippen LogP contribution in [0.4, 0.5) is 5.69 Å². The first kappa shape index (κ1) is 14.2. The van der Waals surface area contributed by atoms with E-state index in [4.69, 9.17) is 16.9 Å². The predicted octanol–water partition coefficient (Wildman–Crippen LogP) is 3.35. The average molecular weight is 278 g/mol. The van der Waals surface area contributed by atoms with Crippen molar-refractivity contribution in [2.75, 3.05) is 18.9 Å². The molecule has 1 aliphatic rings. The van der Waals surface area contributed by atoms with Gasteiger partial charge in [0.25, 0.3) is 0 Å². The van der Waals surface area contributed by atoms with Crippen LogP contribution in [0.3, 0.4) is 0 Å². The van der Waals surface area contributed by atoms with Gasteiger partial charge in [-0.15, -0.1) is 0 Å². The Morgan fingerprint density at radius 2 is 2.16 bits per heavy atom. The lowest BCUT2D eigenvalue weighted by atomic mass is 9.89. The highest BCUT2D eigenvalue weighted by molar-refractivity contribution is 6.31. The Morgan fingerprint density at radius 3 is 2.84 bits per heavy atom. The lowest BCUT2D eigenvalue weighted by Gasteiger charge is -2.40. The first-order valence-corrected chi connectivity index (χ1v) is 7.05. The lowest BCUT2D eigenvalue weighted by molar-refractivity contribution is 0.145. The molecule has 1 aromatic rings. The van der Waals surface area contributed by atoms with E-state index < -0.39 is 0 Å². The van der Waals surface area contributed by atoms with Gasteiger partial charge in [0.1, 0.15) is 6.07 Å². The van der Waals surface area contributed by atoms with Crippen molar-refractivity contribution >= 4 is 17.3 Å². The van der Waals surface area contributed by atoms with E-state index >= 15 is 0 Å². The van der Waals surface area contributed by atoms with Crippen LogP contribution in [-0.4, -0.2) is 30.6 Å². The molecule has 1 heterocycles. The minimum absolute atomic E-state index is 0.443. The van der Waals surface area contributed by atoms with E-state index in [0.29, 0.717) is 28.6 Å². The fourth-order valence-corrected chi connectivity index (χ4v) is 2.82. The lowest BCUT2D eigenvalue weighted by Crippen LogP contribution is -2.48. The van der Waals surface area contributed by atoms with Crippen molar-refractivity contribution in [2.45, 2.75) is 32.4 Å². The van der Waals surface area contributed by atoms with Gasteiger partial charge in [0.2, 0.25) is 0 Å². The first-order valence-electron chi connectivity index (χ1n) is 6.67. The Bertz CT molecular complexity index is 495. The van der Waals surface area contributed by atoms with E-state index in [9.17, 15) is 0 Å². The molecule has 0 aromatic heterocycles. The fraction of sp³-hybridized carbons (Fsp3) is 0.533. The van der Waals surface area contributed by atoms with Crippen LogP contribution in [0.5, 0.6) is 0 Å². The molecule has 19 heavy (non-hydrogen) atoms. The monoisotopic (exact) mass is 277 g/mol. The summed E-state index contributed by atoms with van der Waals surface area (Å²) in [4.78, 5) is 2.39. The molecule has 0 aliphatic carbocycles. The SMILES string of the molecule is CC1CN(C)C(C)CC1Nc1ccc(Cl)c(C#N)c1. The first-order chi connectivity index (χ1) is 9.01. The number of piperidine rings is 1. The number of hydrogen-bond donors (Lipinski definition) is 1. The van der Waals surface area contributed by atoms with E-state index in [1.165, 1.54) is 0 Å². The van der Waals surface area contributed by atoms with Crippen molar-refractivity contribution in [1.82, 2.24) is 4.90 Å². The molecule has 3 nitrogen and oxygen atoms in total. The van der Waals surface area contributed by atoms with Crippen molar-refractivity contribution in [3.8, 4) is 6.07 Å². The number of benzene rings is 1. The topological polar surface area (TPSA) is 39.1 Å². The molecular formula is C15H20ClN3. The second-order valence-electron chi connectivity index (χ2n) is 5.56. The van der Waals surface area contributed by atoms with Crippen LogP contribution in [0.15, 0.2) is 18.2 Å². The summed E-state index contributed by atoms with van der Waals surface area (Å²) in [5, 5.41) is 13.1. The summed E-state index contributed by atoms with van der Waals surface area (Å²) < 4.78 is 0. The van der Waals surface area contributed by atoms with Gasteiger partial charge in [-0.2, -0.15) is 5.26 Å². The Hall–Kier alpha value is -1.24. The number of nitriles is 1. The molecule has 1 N–H and O–H groups in total. The second-order valence-corrected chi connectivity index (χ2v) is 5.97. The van der Waals surface area contributed by atoms with Gasteiger partial charge in [-0.1, -0.05) is 18.5 Å². The van der Waals surface area contributed by atoms with E-state index in [1.54, 1.807) is 6.07 Å². The maximum Gasteiger partial charge on any atom is 0.101 e. The molecule has 0 amide bonds. The molecule has 1 fully saturated rings. The summed E-state index contributed by atoms with van der Waals surface area (Å²) in [7, 11) is 2.17. The van der Waals surface area contributed by atoms with Gasteiger partial charge in [-0.25, -0.2) is 0 Å². The van der Waals surface area contributed by atoms with E-state index in [2.05, 4.69) is 37.2 Å². The highest BCUT2D eigenvalue weighted by Crippen LogP contribution is 2.26. The molecule has 3 atom stereocenters. The highest BCUT2D eigenvalue weighted by Gasteiger charge is 2.28. The summed E-state index contributed by atoms with van der Waals surface area (Å²) >= 11 is 5.95. The minimum Gasteiger partial charge on any atom is -0.382 e. The molecule has 102 valence electrons. The Labute approximate surface area is 120 Å². The normalized spacial score (nSPS) is 27.8. The van der Waals surface area contributed by atoms with E-state index in [-0.39, 0.29) is 0 Å². The molecule has 0 bridgehead atoms. The third-order valence-electron chi connectivity index (χ3n) is 4.05. The quantitative estimate of drug-likeness (QED) is 0.901. The van der Waals surface area contributed by atoms with Crippen LogP contribution in [0, 0.1) is 17.2 Å². The number of halogens is 1. The van der Waals surface area contributed by atoms with Gasteiger partial charge >= 0.3 is 0 Å². The third kappa shape index (κ3) is 3.20. The smallest absolute Gasteiger partial charge is 0.101 e. The van der Waals surface area contributed by atoms with E-state index in [0.717, 1.165) is 18.7 Å². The Kier molecular flexibility index (Phi) is 4.34. The summed E-state index contributed by atoms with van der Waals surface area (Å²) in [6, 6.07) is 8.70. The number of rotatable bonds is 2. The van der Waals surface area contributed by atoms with Gasteiger partial charge in [0.15, 0.2) is 0 Å². The van der Waals surface area contributed by atoms with Gasteiger partial charge in [-0.3, -0.25) is 0 Å². The molecule has 1 aliphatic heterocycles. The Morgan fingerprint density at radius 1 is 1.42 bits per heavy atom. The maximum absolute atomic E-state index is 9.01. The molecule has 1 aromatic carbocycles. The van der Waals surface area contributed by atoms with Crippen molar-refractivity contribution in [2.24, 2.45) is 5.92 Å². The second kappa shape index (κ2) is 5.81. The van der Waals surface area contributed by atoms with Gasteiger partial charge < -0.3 is 10.2 Å². The van der Waals surface area contributed by atoms with Crippen molar-refractivity contribution in [3.05, 3.63) is 28.8 Å². The molecule has 1 saturated heterocycles. The van der Waals surface area contributed by atoms with Gasteiger partial charge in [0.05, 0.1) is 10.6 Å². The summed E-state index contributed by atoms with van der Waals surface area (Å²) in [5.41, 5.74) is 1.51. The summed E-state index contributed by atoms with van der Waals surface area (Å²) in [6.45, 7) is 5.61. The Balaban J connectivity index is 2.11. The molecule has 0 spiro atoms.